The molecule has 1 heterocycles. The minimum Gasteiger partial charge on any atom is -0.481 e. The number of carboxylic acid groups (broad SMARTS) is 2. The average Bonchev–Trinajstić information content (AvgIpc) is 2.82. The van der Waals surface area contributed by atoms with Crippen LogP contribution in [0.5, 0.6) is 0 Å². The zero-order valence-electron chi connectivity index (χ0n) is 22.7. The lowest BCUT2D eigenvalue weighted by atomic mass is 9.45. The van der Waals surface area contributed by atoms with Crippen molar-refractivity contribution in [3.05, 3.63) is 11.6 Å². The molecule has 5 aliphatic rings. The van der Waals surface area contributed by atoms with E-state index >= 15 is 0 Å². The number of ether oxygens (including phenoxy) is 3. The molecule has 1 aliphatic heterocycles. The number of hydrogen-bond acceptors (Lipinski definition) is 7. The fourth-order valence-corrected chi connectivity index (χ4v) is 9.15. The first kappa shape index (κ1) is 27.6. The zero-order chi connectivity index (χ0) is 27.4. The minimum atomic E-state index is -1.34. The van der Waals surface area contributed by atoms with E-state index in [9.17, 15) is 24.6 Å². The third-order valence-electron chi connectivity index (χ3n) is 10.2. The highest BCUT2D eigenvalue weighted by Crippen LogP contribution is 2.64. The third kappa shape index (κ3) is 4.68. The molecule has 0 radical (unpaired) electrons. The number of carbonyl (C=O) groups is 3. The van der Waals surface area contributed by atoms with Crippen LogP contribution in [0.3, 0.4) is 0 Å². The second-order valence-corrected chi connectivity index (χ2v) is 13.0. The fourth-order valence-electron chi connectivity index (χ4n) is 9.15. The van der Waals surface area contributed by atoms with E-state index in [0.29, 0.717) is 32.2 Å². The second kappa shape index (κ2) is 10.5. The molecule has 7 unspecified atom stereocenters. The van der Waals surface area contributed by atoms with Crippen molar-refractivity contribution in [3.63, 3.8) is 0 Å². The van der Waals surface area contributed by atoms with Crippen LogP contribution >= 0.6 is 0 Å². The zero-order valence-corrected chi connectivity index (χ0v) is 22.7. The van der Waals surface area contributed by atoms with Crippen LogP contribution in [0.2, 0.25) is 0 Å². The monoisotopic (exact) mass is 533 g/mol. The smallest absolute Gasteiger partial charge is 0.481 e. The standard InChI is InChI=1S/C29H43NO8/c1-14(2)8-16-4-5-18-17-6-7-20-19-12-36-13-29(20,21(17)9-22(31)25(18)24(16)27(32)33)10-23(38-28(34)35)26(19)37-11-15(3)30/h9,14-20,23-26H,4-8,10-13,30H2,1-3H3,(H,32,33)(H,34,35)/t15?,16?,17?,18?,19?,20?,23-,24-,25?,26-,29-/m1/s1. The van der Waals surface area contributed by atoms with Gasteiger partial charge in [0.05, 0.1) is 31.8 Å². The van der Waals surface area contributed by atoms with E-state index in [0.717, 1.165) is 37.7 Å². The van der Waals surface area contributed by atoms with Crippen molar-refractivity contribution >= 4 is 17.9 Å². The molecule has 212 valence electrons. The minimum absolute atomic E-state index is 0.00591. The lowest BCUT2D eigenvalue weighted by Gasteiger charge is -2.62. The maximum atomic E-state index is 13.8. The van der Waals surface area contributed by atoms with Crippen molar-refractivity contribution in [2.75, 3.05) is 19.8 Å². The van der Waals surface area contributed by atoms with E-state index in [-0.39, 0.29) is 41.4 Å². The molecule has 5 rings (SSSR count). The van der Waals surface area contributed by atoms with E-state index in [4.69, 9.17) is 19.9 Å². The maximum Gasteiger partial charge on any atom is 0.506 e. The summed E-state index contributed by atoms with van der Waals surface area (Å²) in [4.78, 5) is 38.0. The summed E-state index contributed by atoms with van der Waals surface area (Å²) in [5.41, 5.74) is 6.48. The van der Waals surface area contributed by atoms with Gasteiger partial charge in [-0.1, -0.05) is 19.4 Å². The number of carboxylic acids is 1. The van der Waals surface area contributed by atoms with Crippen LogP contribution in [-0.4, -0.2) is 66.2 Å². The number of nitrogens with two attached hydrogens (primary N) is 1. The van der Waals surface area contributed by atoms with Crippen molar-refractivity contribution in [3.8, 4) is 0 Å². The molecule has 0 aromatic carbocycles. The molecular weight excluding hydrogens is 490 g/mol. The molecule has 0 amide bonds. The van der Waals surface area contributed by atoms with Crippen LogP contribution < -0.4 is 5.73 Å². The molecule has 4 N–H and O–H groups in total. The van der Waals surface area contributed by atoms with E-state index < -0.39 is 41.6 Å². The highest BCUT2D eigenvalue weighted by molar-refractivity contribution is 5.97. The van der Waals surface area contributed by atoms with Gasteiger partial charge in [-0.05, 0) is 81.1 Å². The van der Waals surface area contributed by atoms with Gasteiger partial charge in [0.2, 0.25) is 0 Å². The molecule has 4 aliphatic carbocycles. The number of aliphatic carboxylic acids is 1. The van der Waals surface area contributed by atoms with Crippen molar-refractivity contribution in [1.82, 2.24) is 0 Å². The predicted molar refractivity (Wildman–Crippen MR) is 137 cm³/mol. The number of allylic oxidation sites excluding steroid dienone is 1. The molecule has 3 saturated carbocycles. The Morgan fingerprint density at radius 3 is 2.58 bits per heavy atom. The van der Waals surface area contributed by atoms with E-state index in [2.05, 4.69) is 13.8 Å². The van der Waals surface area contributed by atoms with Gasteiger partial charge in [-0.15, -0.1) is 0 Å². The van der Waals surface area contributed by atoms with Crippen LogP contribution in [0, 0.1) is 52.8 Å². The number of hydrogen-bond donors (Lipinski definition) is 3. The molecule has 9 heteroatoms. The first-order chi connectivity index (χ1) is 18.0. The summed E-state index contributed by atoms with van der Waals surface area (Å²) in [6.45, 7) is 7.22. The molecule has 38 heavy (non-hydrogen) atoms. The van der Waals surface area contributed by atoms with Gasteiger partial charge in [0.15, 0.2) is 5.78 Å². The van der Waals surface area contributed by atoms with Gasteiger partial charge in [-0.3, -0.25) is 9.59 Å². The Morgan fingerprint density at radius 1 is 1.16 bits per heavy atom. The van der Waals surface area contributed by atoms with E-state index in [1.54, 1.807) is 6.08 Å². The number of fused-ring (bicyclic) bond motifs is 3. The summed E-state index contributed by atoms with van der Waals surface area (Å²) in [5, 5.41) is 19.8. The summed E-state index contributed by atoms with van der Waals surface area (Å²) in [6, 6.07) is -0.198. The van der Waals surface area contributed by atoms with Crippen LogP contribution in [0.4, 0.5) is 4.79 Å². The van der Waals surface area contributed by atoms with Crippen molar-refractivity contribution in [2.45, 2.75) is 77.5 Å². The lowest BCUT2D eigenvalue weighted by Crippen LogP contribution is -2.64. The topological polar surface area (TPSA) is 145 Å². The Morgan fingerprint density at radius 2 is 1.92 bits per heavy atom. The van der Waals surface area contributed by atoms with Gasteiger partial charge in [0, 0.05) is 23.3 Å². The molecule has 11 atom stereocenters. The van der Waals surface area contributed by atoms with Crippen LogP contribution in [0.25, 0.3) is 0 Å². The summed E-state index contributed by atoms with van der Waals surface area (Å²) in [7, 11) is 0. The summed E-state index contributed by atoms with van der Waals surface area (Å²) >= 11 is 0. The SMILES string of the molecule is CC(C)CC1CCC2C3CCC4C5COC[C@@]4(C[C@@H](OC(=O)O)[C@@H]5OCC(C)N)C3=CC(=O)C2[C@@H]1C(=O)O. The van der Waals surface area contributed by atoms with Gasteiger partial charge in [-0.2, -0.15) is 0 Å². The highest BCUT2D eigenvalue weighted by atomic mass is 16.7. The van der Waals surface area contributed by atoms with Crippen LogP contribution in [0.15, 0.2) is 11.6 Å². The molecule has 9 nitrogen and oxygen atoms in total. The normalized spacial score (nSPS) is 42.8. The molecule has 4 fully saturated rings. The number of ketones is 1. The van der Waals surface area contributed by atoms with Crippen LogP contribution in [0.1, 0.15) is 59.3 Å². The molecular formula is C29H43NO8. The van der Waals surface area contributed by atoms with E-state index in [1.807, 2.05) is 6.92 Å². The molecule has 0 spiro atoms. The summed E-state index contributed by atoms with van der Waals surface area (Å²) in [6.07, 6.45) is 3.96. The third-order valence-corrected chi connectivity index (χ3v) is 10.2. The Kier molecular flexibility index (Phi) is 7.66. The van der Waals surface area contributed by atoms with Crippen molar-refractivity contribution < 1.29 is 38.8 Å². The van der Waals surface area contributed by atoms with Gasteiger partial charge in [0.1, 0.15) is 6.10 Å². The van der Waals surface area contributed by atoms with Crippen molar-refractivity contribution in [1.29, 1.82) is 0 Å². The summed E-state index contributed by atoms with van der Waals surface area (Å²) < 4.78 is 17.8. The van der Waals surface area contributed by atoms with Gasteiger partial charge < -0.3 is 30.2 Å². The van der Waals surface area contributed by atoms with Gasteiger partial charge in [-0.25, -0.2) is 4.79 Å². The van der Waals surface area contributed by atoms with Crippen molar-refractivity contribution in [2.24, 2.45) is 58.5 Å². The Labute approximate surface area is 224 Å². The Bertz CT molecular complexity index is 978. The predicted octanol–water partition coefficient (Wildman–Crippen LogP) is 3.74. The Balaban J connectivity index is 1.50. The second-order valence-electron chi connectivity index (χ2n) is 13.0. The average molecular weight is 534 g/mol. The molecule has 0 aromatic heterocycles. The first-order valence-electron chi connectivity index (χ1n) is 14.4. The molecule has 0 aromatic rings. The van der Waals surface area contributed by atoms with E-state index in [1.165, 1.54) is 0 Å². The lowest BCUT2D eigenvalue weighted by molar-refractivity contribution is -0.218. The Hall–Kier alpha value is -1.97. The number of carbonyl (C=O) groups excluding carboxylic acids is 1. The largest absolute Gasteiger partial charge is 0.506 e. The van der Waals surface area contributed by atoms with Gasteiger partial charge in [0.25, 0.3) is 0 Å². The molecule has 2 bridgehead atoms. The number of rotatable bonds is 7. The first-order valence-corrected chi connectivity index (χ1v) is 14.4. The highest BCUT2D eigenvalue weighted by Gasteiger charge is 2.64. The van der Waals surface area contributed by atoms with Gasteiger partial charge >= 0.3 is 12.1 Å². The quantitative estimate of drug-likeness (QED) is 0.417. The maximum absolute atomic E-state index is 13.8. The molecule has 1 saturated heterocycles. The summed E-state index contributed by atoms with van der Waals surface area (Å²) in [5.74, 6) is -1.49. The fraction of sp³-hybridized carbons (Fsp3) is 0.828. The van der Waals surface area contributed by atoms with Crippen LogP contribution in [-0.2, 0) is 23.8 Å².